The van der Waals surface area contributed by atoms with E-state index < -0.39 is 6.10 Å². The zero-order valence-corrected chi connectivity index (χ0v) is 18.0. The van der Waals surface area contributed by atoms with E-state index in [1.165, 1.54) is 11.3 Å². The van der Waals surface area contributed by atoms with Crippen molar-refractivity contribution in [2.24, 2.45) is 4.99 Å². The molecule has 0 aliphatic carbocycles. The lowest BCUT2D eigenvalue weighted by atomic mass is 10.1. The highest BCUT2D eigenvalue weighted by molar-refractivity contribution is 14.0. The fourth-order valence-corrected chi connectivity index (χ4v) is 3.79. The number of hydrogen-bond acceptors (Lipinski definition) is 5. The minimum absolute atomic E-state index is 0. The van der Waals surface area contributed by atoms with E-state index in [0.29, 0.717) is 16.8 Å². The van der Waals surface area contributed by atoms with Gasteiger partial charge in [-0.25, -0.2) is 9.67 Å². The van der Waals surface area contributed by atoms with E-state index in [4.69, 9.17) is 11.6 Å². The van der Waals surface area contributed by atoms with Crippen LogP contribution < -0.4 is 10.6 Å². The lowest BCUT2D eigenvalue weighted by molar-refractivity contribution is 0.184. The van der Waals surface area contributed by atoms with Gasteiger partial charge in [0.25, 0.3) is 0 Å². The van der Waals surface area contributed by atoms with Crippen molar-refractivity contribution < 1.29 is 5.11 Å². The highest BCUT2D eigenvalue weighted by Crippen LogP contribution is 2.26. The first-order chi connectivity index (χ1) is 11.5. The fraction of sp³-hybridized carbons (Fsp3) is 0.533. The molecule has 0 saturated carbocycles. The zero-order valence-electron chi connectivity index (χ0n) is 14.1. The molecule has 2 aromatic heterocycles. The summed E-state index contributed by atoms with van der Waals surface area (Å²) in [5.74, 6) is 2.52. The van der Waals surface area contributed by atoms with Crippen LogP contribution in [0.1, 0.15) is 29.1 Å². The third-order valence-electron chi connectivity index (χ3n) is 3.91. The maximum absolute atomic E-state index is 10.2. The Morgan fingerprint density at radius 2 is 2.36 bits per heavy atom. The van der Waals surface area contributed by atoms with Crippen molar-refractivity contribution in [1.29, 1.82) is 0 Å². The smallest absolute Gasteiger partial charge is 0.191 e. The van der Waals surface area contributed by atoms with Crippen molar-refractivity contribution in [3.63, 3.8) is 0 Å². The molecule has 0 amide bonds. The van der Waals surface area contributed by atoms with Crippen molar-refractivity contribution in [2.45, 2.75) is 38.5 Å². The Morgan fingerprint density at radius 3 is 3.04 bits per heavy atom. The molecule has 0 spiro atoms. The Labute approximate surface area is 172 Å². The Balaban J connectivity index is 0.00000225. The molecular weight excluding hydrogens is 475 g/mol. The maximum atomic E-state index is 10.2. The van der Waals surface area contributed by atoms with Gasteiger partial charge in [0.15, 0.2) is 5.96 Å². The van der Waals surface area contributed by atoms with Gasteiger partial charge in [-0.15, -0.1) is 35.3 Å². The Morgan fingerprint density at radius 1 is 1.56 bits per heavy atom. The molecule has 0 saturated heterocycles. The van der Waals surface area contributed by atoms with Gasteiger partial charge in [-0.2, -0.15) is 5.10 Å². The maximum Gasteiger partial charge on any atom is 0.191 e. The van der Waals surface area contributed by atoms with Crippen LogP contribution in [0.25, 0.3) is 0 Å². The van der Waals surface area contributed by atoms with Crippen LogP contribution in [0.3, 0.4) is 0 Å². The van der Waals surface area contributed by atoms with Crippen molar-refractivity contribution in [3.05, 3.63) is 33.0 Å². The average molecular weight is 497 g/mol. The highest BCUT2D eigenvalue weighted by Gasteiger charge is 2.22. The van der Waals surface area contributed by atoms with Crippen LogP contribution in [0.15, 0.2) is 17.1 Å². The first kappa shape index (κ1) is 20.4. The first-order valence-electron chi connectivity index (χ1n) is 7.86. The predicted octanol–water partition coefficient (Wildman–Crippen LogP) is 2.13. The molecule has 0 radical (unpaired) electrons. The van der Waals surface area contributed by atoms with Crippen LogP contribution in [0.5, 0.6) is 0 Å². The third-order valence-corrected chi connectivity index (χ3v) is 5.25. The number of aryl methyl sites for hydroxylation is 2. The Hall–Kier alpha value is -0.910. The number of aliphatic imine (C=N–C) groups is 1. The molecule has 0 fully saturated rings. The molecule has 3 N–H and O–H groups in total. The van der Waals surface area contributed by atoms with Gasteiger partial charge >= 0.3 is 0 Å². The molecule has 1 aliphatic heterocycles. The van der Waals surface area contributed by atoms with Gasteiger partial charge < -0.3 is 15.7 Å². The van der Waals surface area contributed by atoms with Crippen LogP contribution >= 0.6 is 46.9 Å². The number of thiophene rings is 1. The minimum Gasteiger partial charge on any atom is -0.386 e. The molecule has 7 nitrogen and oxygen atoms in total. The molecule has 2 atom stereocenters. The molecule has 10 heteroatoms. The van der Waals surface area contributed by atoms with Crippen LogP contribution in [-0.2, 0) is 13.0 Å². The number of halogens is 2. The Bertz CT molecular complexity index is 733. The van der Waals surface area contributed by atoms with Gasteiger partial charge in [0.05, 0.1) is 10.9 Å². The summed E-state index contributed by atoms with van der Waals surface area (Å²) in [6, 6.07) is 3.86. The van der Waals surface area contributed by atoms with Crippen LogP contribution in [0, 0.1) is 6.92 Å². The number of aliphatic hydroxyl groups is 1. The van der Waals surface area contributed by atoms with Crippen LogP contribution in [-0.4, -0.2) is 45.5 Å². The summed E-state index contributed by atoms with van der Waals surface area (Å²) in [6.45, 7) is 3.04. The number of nitrogens with zero attached hydrogens (tertiary/aromatic N) is 4. The van der Waals surface area contributed by atoms with E-state index >= 15 is 0 Å². The van der Waals surface area contributed by atoms with Gasteiger partial charge in [0, 0.05) is 30.9 Å². The van der Waals surface area contributed by atoms with E-state index in [9.17, 15) is 5.11 Å². The molecule has 3 heterocycles. The topological polar surface area (TPSA) is 87.4 Å². The van der Waals surface area contributed by atoms with Crippen molar-refractivity contribution in [2.75, 3.05) is 13.6 Å². The second-order valence-corrected chi connectivity index (χ2v) is 7.49. The number of aliphatic hydroxyl groups excluding tert-OH is 1. The third kappa shape index (κ3) is 5.28. The van der Waals surface area contributed by atoms with E-state index in [2.05, 4.69) is 25.7 Å². The zero-order chi connectivity index (χ0) is 17.1. The monoisotopic (exact) mass is 496 g/mol. The molecule has 0 aromatic carbocycles. The SMILES string of the molecule is CN=C(NCC(O)c1ccc(Cl)s1)NC1CCc2nc(C)nn2C1.I. The predicted molar refractivity (Wildman–Crippen MR) is 111 cm³/mol. The van der Waals surface area contributed by atoms with Gasteiger partial charge in [0.1, 0.15) is 17.8 Å². The van der Waals surface area contributed by atoms with E-state index in [1.54, 1.807) is 13.1 Å². The Kier molecular flexibility index (Phi) is 7.47. The van der Waals surface area contributed by atoms with Crippen LogP contribution in [0.2, 0.25) is 4.34 Å². The molecular formula is C15H22ClIN6OS. The van der Waals surface area contributed by atoms with E-state index in [0.717, 1.165) is 35.9 Å². The van der Waals surface area contributed by atoms with Crippen molar-refractivity contribution in [3.8, 4) is 0 Å². The normalized spacial score (nSPS) is 18.2. The second-order valence-electron chi connectivity index (χ2n) is 5.75. The number of guanidine groups is 1. The minimum atomic E-state index is -0.614. The number of rotatable bonds is 4. The molecule has 0 bridgehead atoms. The highest BCUT2D eigenvalue weighted by atomic mass is 127. The van der Waals surface area contributed by atoms with Crippen molar-refractivity contribution >= 4 is 52.9 Å². The summed E-state index contributed by atoms with van der Waals surface area (Å²) in [5, 5.41) is 21.2. The summed E-state index contributed by atoms with van der Waals surface area (Å²) in [7, 11) is 1.72. The summed E-state index contributed by atoms with van der Waals surface area (Å²) < 4.78 is 2.62. The van der Waals surface area contributed by atoms with E-state index in [-0.39, 0.29) is 30.0 Å². The number of fused-ring (bicyclic) bond motifs is 1. The first-order valence-corrected chi connectivity index (χ1v) is 9.05. The standard InChI is InChI=1S/C15H21ClN6OS.HI/c1-9-19-14-6-3-10(8-22(14)21-9)20-15(17-2)18-7-11(23)12-4-5-13(16)24-12;/h4-5,10-11,23H,3,6-8H2,1-2H3,(H2,17,18,20);1H. The van der Waals surface area contributed by atoms with Gasteiger partial charge in [-0.1, -0.05) is 11.6 Å². The van der Waals surface area contributed by atoms with E-state index in [1.807, 2.05) is 17.7 Å². The molecule has 25 heavy (non-hydrogen) atoms. The quantitative estimate of drug-likeness (QED) is 0.343. The molecule has 2 aromatic rings. The molecule has 2 unspecified atom stereocenters. The number of aromatic nitrogens is 3. The summed E-state index contributed by atoms with van der Waals surface area (Å²) >= 11 is 7.29. The molecule has 138 valence electrons. The molecule has 1 aliphatic rings. The summed E-state index contributed by atoms with van der Waals surface area (Å²) in [4.78, 5) is 9.48. The summed E-state index contributed by atoms with van der Waals surface area (Å²) in [5.41, 5.74) is 0. The second kappa shape index (κ2) is 9.15. The number of hydrogen-bond donors (Lipinski definition) is 3. The van der Waals surface area contributed by atoms with Gasteiger partial charge in [-0.3, -0.25) is 4.99 Å². The van der Waals surface area contributed by atoms with Crippen LogP contribution in [0.4, 0.5) is 0 Å². The van der Waals surface area contributed by atoms with Gasteiger partial charge in [-0.05, 0) is 25.5 Å². The lowest BCUT2D eigenvalue weighted by Gasteiger charge is -2.25. The van der Waals surface area contributed by atoms with Crippen molar-refractivity contribution in [1.82, 2.24) is 25.4 Å². The lowest BCUT2D eigenvalue weighted by Crippen LogP contribution is -2.47. The largest absolute Gasteiger partial charge is 0.386 e. The average Bonchev–Trinajstić information content (AvgIpc) is 3.15. The summed E-state index contributed by atoms with van der Waals surface area (Å²) in [6.07, 6.45) is 1.25. The molecule has 3 rings (SSSR count). The number of nitrogens with one attached hydrogen (secondary N) is 2. The fourth-order valence-electron chi connectivity index (χ4n) is 2.74. The van der Waals surface area contributed by atoms with Gasteiger partial charge in [0.2, 0.25) is 0 Å².